The molecule has 0 unspecified atom stereocenters. The summed E-state index contributed by atoms with van der Waals surface area (Å²) in [6.07, 6.45) is 6.73. The van der Waals surface area contributed by atoms with Gasteiger partial charge >= 0.3 is 0 Å². The molecule has 5 heteroatoms. The number of hydrogen-bond acceptors (Lipinski definition) is 2. The van der Waals surface area contributed by atoms with Crippen LogP contribution in [0.2, 0.25) is 5.02 Å². The first-order valence-electron chi connectivity index (χ1n) is 9.59. The van der Waals surface area contributed by atoms with E-state index in [9.17, 15) is 4.79 Å². The van der Waals surface area contributed by atoms with Crippen LogP contribution in [0.15, 0.2) is 42.6 Å². The van der Waals surface area contributed by atoms with Crippen LogP contribution in [0.5, 0.6) is 0 Å². The van der Waals surface area contributed by atoms with Crippen LogP contribution in [0.3, 0.4) is 0 Å². The van der Waals surface area contributed by atoms with Crippen LogP contribution < -0.4 is 0 Å². The number of carbonyl (C=O) groups is 1. The van der Waals surface area contributed by atoms with Crippen molar-refractivity contribution in [1.82, 2.24) is 14.5 Å². The Kier molecular flexibility index (Phi) is 3.80. The molecule has 1 aliphatic carbocycles. The molecule has 1 spiro atoms. The van der Waals surface area contributed by atoms with Gasteiger partial charge in [-0.15, -0.1) is 0 Å². The van der Waals surface area contributed by atoms with Gasteiger partial charge in [0.2, 0.25) is 0 Å². The molecule has 2 aromatic heterocycles. The average Bonchev–Trinajstić information content (AvgIpc) is 3.25. The lowest BCUT2D eigenvalue weighted by Gasteiger charge is -2.37. The number of rotatable bonds is 2. The molecule has 5 rings (SSSR count). The van der Waals surface area contributed by atoms with Crippen LogP contribution >= 0.6 is 11.6 Å². The Balaban J connectivity index is 1.61. The molecular weight excluding hydrogens is 358 g/mol. The summed E-state index contributed by atoms with van der Waals surface area (Å²) in [5, 5.41) is 1.70. The van der Waals surface area contributed by atoms with E-state index in [4.69, 9.17) is 11.6 Å². The largest absolute Gasteiger partial charge is 0.337 e. The second-order valence-electron chi connectivity index (χ2n) is 8.04. The number of aromatic nitrogens is 2. The van der Waals surface area contributed by atoms with Crippen LogP contribution in [-0.2, 0) is 0 Å². The lowest BCUT2D eigenvalue weighted by atomic mass is 9.68. The first kappa shape index (κ1) is 16.8. The van der Waals surface area contributed by atoms with Crippen LogP contribution in [0.4, 0.5) is 0 Å². The van der Waals surface area contributed by atoms with E-state index < -0.39 is 0 Å². The van der Waals surface area contributed by atoms with Crippen molar-refractivity contribution in [2.45, 2.75) is 32.6 Å². The second kappa shape index (κ2) is 6.10. The summed E-state index contributed by atoms with van der Waals surface area (Å²) in [6, 6.07) is 11.8. The fourth-order valence-corrected chi connectivity index (χ4v) is 4.69. The standard InChI is InChI=1S/C22H22ClN3O/c1-15-12-17(5-6-18(15)23)26-19(13-16-4-2-10-24-20(16)26)21(27)25-11-9-22(14-25)7-3-8-22/h2,4-6,10,12-13H,3,7-9,11,14H2,1H3. The van der Waals surface area contributed by atoms with Crippen molar-refractivity contribution < 1.29 is 4.79 Å². The molecule has 1 aliphatic heterocycles. The van der Waals surface area contributed by atoms with Crippen molar-refractivity contribution in [3.8, 4) is 5.69 Å². The third kappa shape index (κ3) is 2.66. The highest BCUT2D eigenvalue weighted by atomic mass is 35.5. The van der Waals surface area contributed by atoms with Gasteiger partial charge in [-0.3, -0.25) is 9.36 Å². The van der Waals surface area contributed by atoms with E-state index in [1.807, 2.05) is 52.8 Å². The van der Waals surface area contributed by atoms with Gasteiger partial charge in [-0.2, -0.15) is 0 Å². The first-order chi connectivity index (χ1) is 13.1. The molecule has 2 fully saturated rings. The van der Waals surface area contributed by atoms with E-state index in [-0.39, 0.29) is 5.91 Å². The molecule has 0 radical (unpaired) electrons. The Morgan fingerprint density at radius 1 is 1.19 bits per heavy atom. The van der Waals surface area contributed by atoms with Crippen molar-refractivity contribution in [1.29, 1.82) is 0 Å². The molecule has 27 heavy (non-hydrogen) atoms. The maximum absolute atomic E-state index is 13.4. The predicted molar refractivity (Wildman–Crippen MR) is 108 cm³/mol. The zero-order chi connectivity index (χ0) is 18.6. The number of pyridine rings is 1. The fraction of sp³-hybridized carbons (Fsp3) is 0.364. The maximum atomic E-state index is 13.4. The molecule has 1 saturated carbocycles. The minimum absolute atomic E-state index is 0.101. The van der Waals surface area contributed by atoms with Gasteiger partial charge in [0.15, 0.2) is 0 Å². The normalized spacial score (nSPS) is 18.2. The Bertz CT molecular complexity index is 1050. The Morgan fingerprint density at radius 3 is 2.74 bits per heavy atom. The van der Waals surface area contributed by atoms with E-state index >= 15 is 0 Å². The molecule has 138 valence electrons. The smallest absolute Gasteiger partial charge is 0.270 e. The molecule has 3 heterocycles. The van der Waals surface area contributed by atoms with Gasteiger partial charge in [-0.1, -0.05) is 18.0 Å². The highest BCUT2D eigenvalue weighted by Gasteiger charge is 2.44. The third-order valence-electron chi connectivity index (χ3n) is 6.32. The Labute approximate surface area is 163 Å². The lowest BCUT2D eigenvalue weighted by Crippen LogP contribution is -2.36. The summed E-state index contributed by atoms with van der Waals surface area (Å²) in [4.78, 5) is 20.0. The zero-order valence-corrected chi connectivity index (χ0v) is 16.2. The van der Waals surface area contributed by atoms with Crippen LogP contribution in [0.25, 0.3) is 16.7 Å². The number of benzene rings is 1. The third-order valence-corrected chi connectivity index (χ3v) is 6.74. The number of carbonyl (C=O) groups excluding carboxylic acids is 1. The van der Waals surface area contributed by atoms with Crippen molar-refractivity contribution >= 4 is 28.5 Å². The van der Waals surface area contributed by atoms with Crippen molar-refractivity contribution in [2.75, 3.05) is 13.1 Å². The minimum Gasteiger partial charge on any atom is -0.337 e. The minimum atomic E-state index is 0.101. The highest BCUT2D eigenvalue weighted by Crippen LogP contribution is 2.48. The Morgan fingerprint density at radius 2 is 2.04 bits per heavy atom. The number of amides is 1. The van der Waals surface area contributed by atoms with E-state index in [0.717, 1.165) is 46.8 Å². The topological polar surface area (TPSA) is 38.1 Å². The SMILES string of the molecule is Cc1cc(-n2c(C(=O)N3CCC4(CCC4)C3)cc3cccnc32)ccc1Cl. The molecule has 3 aromatic rings. The van der Waals surface area contributed by atoms with Gasteiger partial charge in [0.25, 0.3) is 5.91 Å². The van der Waals surface area contributed by atoms with E-state index in [1.54, 1.807) is 6.20 Å². The van der Waals surface area contributed by atoms with Crippen molar-refractivity contribution in [3.63, 3.8) is 0 Å². The molecule has 4 nitrogen and oxygen atoms in total. The maximum Gasteiger partial charge on any atom is 0.270 e. The predicted octanol–water partition coefficient (Wildman–Crippen LogP) is 5.00. The zero-order valence-electron chi connectivity index (χ0n) is 15.4. The van der Waals surface area contributed by atoms with Gasteiger partial charge in [0, 0.05) is 35.4 Å². The van der Waals surface area contributed by atoms with Gasteiger partial charge in [-0.25, -0.2) is 4.98 Å². The summed E-state index contributed by atoms with van der Waals surface area (Å²) < 4.78 is 1.98. The van der Waals surface area contributed by atoms with Gasteiger partial charge in [-0.05, 0) is 73.6 Å². The molecule has 1 saturated heterocycles. The molecule has 2 aliphatic rings. The summed E-state index contributed by atoms with van der Waals surface area (Å²) in [5.41, 5.74) is 3.79. The van der Waals surface area contributed by atoms with E-state index in [0.29, 0.717) is 11.1 Å². The molecule has 1 aromatic carbocycles. The van der Waals surface area contributed by atoms with Crippen LogP contribution in [0.1, 0.15) is 41.7 Å². The number of nitrogens with zero attached hydrogens (tertiary/aromatic N) is 3. The van der Waals surface area contributed by atoms with Gasteiger partial charge in [0.1, 0.15) is 11.3 Å². The summed E-state index contributed by atoms with van der Waals surface area (Å²) in [6.45, 7) is 3.72. The van der Waals surface area contributed by atoms with E-state index in [1.165, 1.54) is 19.3 Å². The number of likely N-dealkylation sites (tertiary alicyclic amines) is 1. The number of hydrogen-bond donors (Lipinski definition) is 0. The highest BCUT2D eigenvalue weighted by molar-refractivity contribution is 6.31. The van der Waals surface area contributed by atoms with E-state index in [2.05, 4.69) is 4.98 Å². The summed E-state index contributed by atoms with van der Waals surface area (Å²) in [5.74, 6) is 0.101. The summed E-state index contributed by atoms with van der Waals surface area (Å²) >= 11 is 6.22. The monoisotopic (exact) mass is 379 g/mol. The van der Waals surface area contributed by atoms with Crippen molar-refractivity contribution in [2.24, 2.45) is 5.41 Å². The lowest BCUT2D eigenvalue weighted by molar-refractivity contribution is 0.0725. The van der Waals surface area contributed by atoms with Gasteiger partial charge < -0.3 is 4.90 Å². The molecule has 0 atom stereocenters. The number of fused-ring (bicyclic) bond motifs is 1. The van der Waals surface area contributed by atoms with Crippen LogP contribution in [0, 0.1) is 12.3 Å². The molecular formula is C22H22ClN3O. The number of halogens is 1. The summed E-state index contributed by atoms with van der Waals surface area (Å²) in [7, 11) is 0. The average molecular weight is 380 g/mol. The molecule has 1 amide bonds. The van der Waals surface area contributed by atoms with Crippen molar-refractivity contribution in [3.05, 3.63) is 58.9 Å². The first-order valence-corrected chi connectivity index (χ1v) is 9.96. The second-order valence-corrected chi connectivity index (χ2v) is 8.45. The Hall–Kier alpha value is -2.33. The number of aryl methyl sites for hydroxylation is 1. The van der Waals surface area contributed by atoms with Crippen LogP contribution in [-0.4, -0.2) is 33.4 Å². The quantitative estimate of drug-likeness (QED) is 0.628. The van der Waals surface area contributed by atoms with Gasteiger partial charge in [0.05, 0.1) is 0 Å². The molecule has 0 bridgehead atoms. The fourth-order valence-electron chi connectivity index (χ4n) is 4.58. The molecule has 0 N–H and O–H groups in total.